The van der Waals surface area contributed by atoms with E-state index in [1.54, 1.807) is 0 Å². The van der Waals surface area contributed by atoms with Gasteiger partial charge in [-0.1, -0.05) is 13.3 Å². The predicted molar refractivity (Wildman–Crippen MR) is 64.4 cm³/mol. The summed E-state index contributed by atoms with van der Waals surface area (Å²) in [6.07, 6.45) is 2.43. The maximum absolute atomic E-state index is 12.4. The summed E-state index contributed by atoms with van der Waals surface area (Å²) in [5.41, 5.74) is -0.461. The number of sulfone groups is 1. The van der Waals surface area contributed by atoms with Crippen LogP contribution in [0.5, 0.6) is 0 Å². The van der Waals surface area contributed by atoms with E-state index >= 15 is 0 Å². The van der Waals surface area contributed by atoms with Gasteiger partial charge in [-0.2, -0.15) is 5.26 Å². The average molecular weight is 271 g/mol. The van der Waals surface area contributed by atoms with E-state index in [4.69, 9.17) is 5.26 Å². The summed E-state index contributed by atoms with van der Waals surface area (Å²) in [7, 11) is -3.68. The monoisotopic (exact) mass is 271 g/mol. The lowest BCUT2D eigenvalue weighted by molar-refractivity contribution is -0.137. The van der Waals surface area contributed by atoms with Crippen molar-refractivity contribution in [3.63, 3.8) is 0 Å². The molecule has 0 radical (unpaired) electrons. The van der Waals surface area contributed by atoms with E-state index in [1.165, 1.54) is 0 Å². The molecule has 0 aromatic rings. The molecule has 0 aromatic heterocycles. The minimum atomic E-state index is -3.68. The maximum Gasteiger partial charge on any atom is 0.325 e. The SMILES string of the molecule is CCC1CC1(C(=O)O)S(=O)(=O)CC1(CC#N)CC1. The highest BCUT2D eigenvalue weighted by atomic mass is 32.2. The predicted octanol–water partition coefficient (Wildman–Crippen LogP) is 1.35. The van der Waals surface area contributed by atoms with Crippen molar-refractivity contribution in [1.82, 2.24) is 0 Å². The van der Waals surface area contributed by atoms with E-state index in [0.717, 1.165) is 0 Å². The number of carboxylic acid groups (broad SMARTS) is 1. The number of nitriles is 1. The molecule has 0 amide bonds. The largest absolute Gasteiger partial charge is 0.480 e. The molecule has 2 unspecified atom stereocenters. The Balaban J connectivity index is 2.22. The standard InChI is InChI=1S/C12H17NO4S/c1-2-9-7-12(9,10(14)15)18(16,17)8-11(3-4-11)5-6-13/h9H,2-5,7-8H2,1H3,(H,14,15). The van der Waals surface area contributed by atoms with Gasteiger partial charge in [0.25, 0.3) is 0 Å². The van der Waals surface area contributed by atoms with Crippen LogP contribution in [-0.4, -0.2) is 30.0 Å². The molecule has 0 bridgehead atoms. The van der Waals surface area contributed by atoms with Gasteiger partial charge in [-0.25, -0.2) is 8.42 Å². The van der Waals surface area contributed by atoms with Gasteiger partial charge in [0.1, 0.15) is 0 Å². The van der Waals surface area contributed by atoms with E-state index in [0.29, 0.717) is 19.3 Å². The first-order valence-electron chi connectivity index (χ1n) is 6.16. The lowest BCUT2D eigenvalue weighted by Crippen LogP contribution is -2.38. The van der Waals surface area contributed by atoms with Crippen molar-refractivity contribution in [3.05, 3.63) is 0 Å². The number of hydrogen-bond donors (Lipinski definition) is 1. The third-order valence-corrected chi connectivity index (χ3v) is 7.14. The van der Waals surface area contributed by atoms with Gasteiger partial charge in [0.05, 0.1) is 11.8 Å². The van der Waals surface area contributed by atoms with Crippen LogP contribution in [0.2, 0.25) is 0 Å². The number of hydrogen-bond acceptors (Lipinski definition) is 4. The molecule has 2 rings (SSSR count). The van der Waals surface area contributed by atoms with Crippen LogP contribution in [0, 0.1) is 22.7 Å². The van der Waals surface area contributed by atoms with Crippen LogP contribution in [0.3, 0.4) is 0 Å². The Hall–Kier alpha value is -1.09. The van der Waals surface area contributed by atoms with Gasteiger partial charge >= 0.3 is 5.97 Å². The molecule has 2 saturated carbocycles. The average Bonchev–Trinajstić information content (AvgIpc) is 3.12. The number of carboxylic acids is 1. The second-order valence-electron chi connectivity index (χ2n) is 5.60. The van der Waals surface area contributed by atoms with E-state index in [-0.39, 0.29) is 24.5 Å². The van der Waals surface area contributed by atoms with Crippen LogP contribution in [0.25, 0.3) is 0 Å². The van der Waals surface area contributed by atoms with Crippen molar-refractivity contribution in [2.75, 3.05) is 5.75 Å². The first-order valence-corrected chi connectivity index (χ1v) is 7.81. The minimum absolute atomic E-state index is 0.142. The highest BCUT2D eigenvalue weighted by molar-refractivity contribution is 7.94. The topological polar surface area (TPSA) is 95.2 Å². The summed E-state index contributed by atoms with van der Waals surface area (Å²) in [5.74, 6) is -1.63. The van der Waals surface area contributed by atoms with Gasteiger partial charge in [0.2, 0.25) is 0 Å². The Morgan fingerprint density at radius 3 is 2.44 bits per heavy atom. The van der Waals surface area contributed by atoms with E-state index in [9.17, 15) is 18.3 Å². The summed E-state index contributed by atoms with van der Waals surface area (Å²) >= 11 is 0. The molecular formula is C12H17NO4S. The lowest BCUT2D eigenvalue weighted by atomic mass is 10.1. The summed E-state index contributed by atoms with van der Waals surface area (Å²) in [6, 6.07) is 2.01. The molecule has 0 heterocycles. The molecule has 0 aliphatic heterocycles. The van der Waals surface area contributed by atoms with E-state index in [2.05, 4.69) is 0 Å². The van der Waals surface area contributed by atoms with Gasteiger partial charge in [-0.15, -0.1) is 0 Å². The molecule has 2 aliphatic carbocycles. The summed E-state index contributed by atoms with van der Waals surface area (Å²) in [4.78, 5) is 11.3. The molecule has 2 fully saturated rings. The second-order valence-corrected chi connectivity index (χ2v) is 7.84. The molecule has 100 valence electrons. The van der Waals surface area contributed by atoms with E-state index in [1.807, 2.05) is 13.0 Å². The van der Waals surface area contributed by atoms with Gasteiger partial charge in [-0.3, -0.25) is 4.79 Å². The van der Waals surface area contributed by atoms with Crippen LogP contribution in [0.1, 0.15) is 39.0 Å². The number of aliphatic carboxylic acids is 1. The quantitative estimate of drug-likeness (QED) is 0.786. The Kier molecular flexibility index (Phi) is 2.93. The molecule has 2 aliphatic rings. The van der Waals surface area contributed by atoms with Crippen molar-refractivity contribution < 1.29 is 18.3 Å². The Bertz CT molecular complexity index is 515. The van der Waals surface area contributed by atoms with Crippen molar-refractivity contribution in [3.8, 4) is 6.07 Å². The third-order valence-electron chi connectivity index (χ3n) is 4.37. The van der Waals surface area contributed by atoms with Gasteiger partial charge < -0.3 is 5.11 Å². The van der Waals surface area contributed by atoms with E-state index < -0.39 is 26.0 Å². The fraction of sp³-hybridized carbons (Fsp3) is 0.833. The van der Waals surface area contributed by atoms with Crippen molar-refractivity contribution >= 4 is 15.8 Å². The first-order chi connectivity index (χ1) is 8.33. The highest BCUT2D eigenvalue weighted by Gasteiger charge is 2.69. The molecule has 1 N–H and O–H groups in total. The van der Waals surface area contributed by atoms with Crippen molar-refractivity contribution in [2.45, 2.75) is 43.8 Å². The molecule has 0 aromatic carbocycles. The van der Waals surface area contributed by atoms with Crippen LogP contribution >= 0.6 is 0 Å². The minimum Gasteiger partial charge on any atom is -0.480 e. The number of carbonyl (C=O) groups is 1. The summed E-state index contributed by atoms with van der Waals surface area (Å²) < 4.78 is 23.2. The molecular weight excluding hydrogens is 254 g/mol. The smallest absolute Gasteiger partial charge is 0.325 e. The number of nitrogens with zero attached hydrogens (tertiary/aromatic N) is 1. The van der Waals surface area contributed by atoms with Crippen LogP contribution in [0.15, 0.2) is 0 Å². The maximum atomic E-state index is 12.4. The first kappa shape index (κ1) is 13.3. The van der Waals surface area contributed by atoms with Crippen molar-refractivity contribution in [2.24, 2.45) is 11.3 Å². The third kappa shape index (κ3) is 1.81. The zero-order valence-electron chi connectivity index (χ0n) is 10.3. The Morgan fingerprint density at radius 1 is 1.50 bits per heavy atom. The highest BCUT2D eigenvalue weighted by Crippen LogP contribution is 2.57. The molecule has 6 heteroatoms. The summed E-state index contributed by atoms with van der Waals surface area (Å²) in [6.45, 7) is 1.81. The van der Waals surface area contributed by atoms with Gasteiger partial charge in [0, 0.05) is 6.42 Å². The zero-order valence-corrected chi connectivity index (χ0v) is 11.2. The molecule has 0 saturated heterocycles. The van der Waals surface area contributed by atoms with Gasteiger partial charge in [0.15, 0.2) is 14.6 Å². The Morgan fingerprint density at radius 2 is 2.11 bits per heavy atom. The Labute approximate surface area is 107 Å². The molecule has 0 spiro atoms. The number of rotatable bonds is 6. The molecule has 2 atom stereocenters. The zero-order chi connectivity index (χ0) is 13.6. The van der Waals surface area contributed by atoms with Crippen LogP contribution in [0.4, 0.5) is 0 Å². The normalized spacial score (nSPS) is 32.6. The lowest BCUT2D eigenvalue weighted by Gasteiger charge is -2.17. The second kappa shape index (κ2) is 3.95. The fourth-order valence-electron chi connectivity index (χ4n) is 2.81. The van der Waals surface area contributed by atoms with Crippen LogP contribution in [-0.2, 0) is 14.6 Å². The molecule has 18 heavy (non-hydrogen) atoms. The van der Waals surface area contributed by atoms with Crippen LogP contribution < -0.4 is 0 Å². The van der Waals surface area contributed by atoms with Crippen molar-refractivity contribution in [1.29, 1.82) is 5.26 Å². The van der Waals surface area contributed by atoms with Gasteiger partial charge in [-0.05, 0) is 30.6 Å². The fourth-order valence-corrected chi connectivity index (χ4v) is 5.66. The molecule has 5 nitrogen and oxygen atoms in total. The summed E-state index contributed by atoms with van der Waals surface area (Å²) in [5, 5.41) is 17.9.